The minimum atomic E-state index is -1.10. The van der Waals surface area contributed by atoms with Gasteiger partial charge in [-0.1, -0.05) is 20.3 Å². The smallest absolute Gasteiger partial charge is 0.240 e. The zero-order valence-electron chi connectivity index (χ0n) is 10.8. The first-order valence-electron chi connectivity index (χ1n) is 6.11. The van der Waals surface area contributed by atoms with Crippen LogP contribution in [0.3, 0.4) is 0 Å². The van der Waals surface area contributed by atoms with Crippen LogP contribution in [0.1, 0.15) is 33.1 Å². The molecular weight excluding hydrogens is 301 g/mol. The van der Waals surface area contributed by atoms with Crippen LogP contribution < -0.4 is 5.73 Å². The van der Waals surface area contributed by atoms with Gasteiger partial charge >= 0.3 is 0 Å². The number of amides is 1. The summed E-state index contributed by atoms with van der Waals surface area (Å²) in [6, 6.07) is 0.677. The maximum atomic E-state index is 13.2. The summed E-state index contributed by atoms with van der Waals surface area (Å²) < 4.78 is 13.2. The molecule has 1 fully saturated rings. The highest BCUT2D eigenvalue weighted by Crippen LogP contribution is 2.22. The van der Waals surface area contributed by atoms with Crippen LogP contribution in [0.25, 0.3) is 0 Å². The van der Waals surface area contributed by atoms with Crippen LogP contribution in [0.15, 0.2) is 0 Å². The lowest BCUT2D eigenvalue weighted by molar-refractivity contribution is -0.133. The van der Waals surface area contributed by atoms with Crippen molar-refractivity contribution in [2.75, 3.05) is 6.54 Å². The minimum Gasteiger partial charge on any atom is -0.322 e. The summed E-state index contributed by atoms with van der Waals surface area (Å²) >= 11 is 0. The van der Waals surface area contributed by atoms with Crippen molar-refractivity contribution in [1.29, 1.82) is 5.26 Å². The Hall–Kier alpha value is -0.670. The molecule has 1 saturated heterocycles. The molecule has 0 bridgehead atoms. The minimum absolute atomic E-state index is 0. The standard InChI is InChI=1S/C12H20FN3O.BrH/c1-3-4-8(2)11(15)12(17)16-7-9(13)5-10(16)6-14;/h8-11H,3-5,7,15H2,1-2H3;1H/t8-,9-,10-,11-;/m0./s1. The van der Waals surface area contributed by atoms with E-state index in [-0.39, 0.29) is 41.8 Å². The second kappa shape index (κ2) is 7.70. The first-order chi connectivity index (χ1) is 8.01. The lowest BCUT2D eigenvalue weighted by Crippen LogP contribution is -2.48. The lowest BCUT2D eigenvalue weighted by Gasteiger charge is -2.26. The zero-order valence-corrected chi connectivity index (χ0v) is 12.5. The van der Waals surface area contributed by atoms with Crippen LogP contribution in [0.5, 0.6) is 0 Å². The summed E-state index contributed by atoms with van der Waals surface area (Å²) in [4.78, 5) is 13.4. The Labute approximate surface area is 118 Å². The number of likely N-dealkylation sites (tertiary alicyclic amines) is 1. The molecule has 0 radical (unpaired) electrons. The molecule has 2 N–H and O–H groups in total. The molecule has 1 heterocycles. The summed E-state index contributed by atoms with van der Waals surface area (Å²) in [6.07, 6.45) is 0.821. The topological polar surface area (TPSA) is 70.1 Å². The number of nitriles is 1. The Morgan fingerprint density at radius 2 is 2.28 bits per heavy atom. The number of alkyl halides is 1. The molecule has 1 aliphatic heterocycles. The maximum absolute atomic E-state index is 13.2. The van der Waals surface area contributed by atoms with E-state index < -0.39 is 18.3 Å². The molecule has 1 rings (SSSR count). The zero-order chi connectivity index (χ0) is 13.0. The highest BCUT2D eigenvalue weighted by atomic mass is 79.9. The monoisotopic (exact) mass is 321 g/mol. The van der Waals surface area contributed by atoms with Crippen molar-refractivity contribution in [3.05, 3.63) is 0 Å². The van der Waals surface area contributed by atoms with E-state index in [0.717, 1.165) is 12.8 Å². The van der Waals surface area contributed by atoms with Crippen LogP contribution in [0.4, 0.5) is 4.39 Å². The molecule has 0 aliphatic carbocycles. The third-order valence-corrected chi connectivity index (χ3v) is 3.32. The molecule has 1 amide bonds. The normalized spacial score (nSPS) is 26.1. The molecule has 0 aromatic heterocycles. The molecule has 6 heteroatoms. The van der Waals surface area contributed by atoms with Crippen molar-refractivity contribution in [2.24, 2.45) is 11.7 Å². The predicted octanol–water partition coefficient (Wildman–Crippen LogP) is 1.79. The van der Waals surface area contributed by atoms with Gasteiger partial charge in [0, 0.05) is 6.42 Å². The Balaban J connectivity index is 0.00000289. The average Bonchev–Trinajstić information content (AvgIpc) is 2.68. The fourth-order valence-corrected chi connectivity index (χ4v) is 2.22. The first kappa shape index (κ1) is 17.3. The van der Waals surface area contributed by atoms with Crippen molar-refractivity contribution in [1.82, 2.24) is 4.90 Å². The molecule has 0 unspecified atom stereocenters. The number of halogens is 2. The number of hydrogen-bond acceptors (Lipinski definition) is 3. The van der Waals surface area contributed by atoms with Crippen LogP contribution in [-0.2, 0) is 4.79 Å². The van der Waals surface area contributed by atoms with E-state index in [1.807, 2.05) is 19.9 Å². The van der Waals surface area contributed by atoms with Gasteiger partial charge in [0.1, 0.15) is 12.2 Å². The number of nitrogens with zero attached hydrogens (tertiary/aromatic N) is 2. The fourth-order valence-electron chi connectivity index (χ4n) is 2.22. The van der Waals surface area contributed by atoms with Crippen LogP contribution in [-0.4, -0.2) is 35.6 Å². The van der Waals surface area contributed by atoms with Gasteiger partial charge < -0.3 is 10.6 Å². The van der Waals surface area contributed by atoms with Crippen LogP contribution >= 0.6 is 17.0 Å². The van der Waals surface area contributed by atoms with Gasteiger partial charge in [0.05, 0.1) is 18.7 Å². The van der Waals surface area contributed by atoms with Crippen LogP contribution in [0.2, 0.25) is 0 Å². The Kier molecular flexibility index (Phi) is 7.41. The predicted molar refractivity (Wildman–Crippen MR) is 73.0 cm³/mol. The van der Waals surface area contributed by atoms with E-state index in [1.54, 1.807) is 0 Å². The number of nitrogens with two attached hydrogens (primary N) is 1. The van der Waals surface area contributed by atoms with E-state index in [4.69, 9.17) is 11.0 Å². The van der Waals surface area contributed by atoms with E-state index in [0.29, 0.717) is 0 Å². The van der Waals surface area contributed by atoms with Gasteiger partial charge in [-0.25, -0.2) is 4.39 Å². The lowest BCUT2D eigenvalue weighted by atomic mass is 9.96. The molecule has 104 valence electrons. The van der Waals surface area contributed by atoms with Gasteiger partial charge in [0.25, 0.3) is 0 Å². The third kappa shape index (κ3) is 3.92. The largest absolute Gasteiger partial charge is 0.322 e. The second-order valence-corrected chi connectivity index (χ2v) is 4.76. The first-order valence-corrected chi connectivity index (χ1v) is 6.11. The molecule has 1 aliphatic rings. The quantitative estimate of drug-likeness (QED) is 0.858. The summed E-state index contributed by atoms with van der Waals surface area (Å²) in [5, 5.41) is 8.88. The van der Waals surface area contributed by atoms with Gasteiger partial charge in [-0.2, -0.15) is 5.26 Å². The SMILES string of the molecule is Br.CCC[C@H](C)[C@H](N)C(=O)N1C[C@@H](F)C[C@H]1C#N. The van der Waals surface area contributed by atoms with Crippen molar-refractivity contribution in [3.8, 4) is 6.07 Å². The molecule has 0 aromatic rings. The molecular formula is C12H21BrFN3O. The number of carbonyl (C=O) groups is 1. The average molecular weight is 322 g/mol. The van der Waals surface area contributed by atoms with Gasteiger partial charge in [0.2, 0.25) is 5.91 Å². The fraction of sp³-hybridized carbons (Fsp3) is 0.833. The van der Waals surface area contributed by atoms with Gasteiger partial charge in [-0.15, -0.1) is 17.0 Å². The Morgan fingerprint density at radius 1 is 1.67 bits per heavy atom. The van der Waals surface area contributed by atoms with Gasteiger partial charge in [-0.3, -0.25) is 4.79 Å². The van der Waals surface area contributed by atoms with Crippen molar-refractivity contribution >= 4 is 22.9 Å². The molecule has 4 atom stereocenters. The van der Waals surface area contributed by atoms with E-state index in [2.05, 4.69) is 0 Å². The Bertz CT molecular complexity index is 321. The van der Waals surface area contributed by atoms with Crippen molar-refractivity contribution in [2.45, 2.75) is 51.4 Å². The summed E-state index contributed by atoms with van der Waals surface area (Å²) in [5.74, 6) is -0.233. The van der Waals surface area contributed by atoms with E-state index in [1.165, 1.54) is 4.90 Å². The molecule has 0 saturated carbocycles. The number of carbonyl (C=O) groups excluding carboxylic acids is 1. The number of hydrogen-bond donors (Lipinski definition) is 1. The third-order valence-electron chi connectivity index (χ3n) is 3.32. The Morgan fingerprint density at radius 3 is 2.78 bits per heavy atom. The second-order valence-electron chi connectivity index (χ2n) is 4.76. The highest BCUT2D eigenvalue weighted by molar-refractivity contribution is 8.93. The summed E-state index contributed by atoms with van der Waals surface area (Å²) in [6.45, 7) is 3.94. The highest BCUT2D eigenvalue weighted by Gasteiger charge is 2.38. The van der Waals surface area contributed by atoms with Gasteiger partial charge in [0.15, 0.2) is 0 Å². The molecule has 0 aromatic carbocycles. The van der Waals surface area contributed by atoms with Gasteiger partial charge in [-0.05, 0) is 12.3 Å². The number of rotatable bonds is 4. The summed E-state index contributed by atoms with van der Waals surface area (Å²) in [7, 11) is 0. The molecule has 18 heavy (non-hydrogen) atoms. The van der Waals surface area contributed by atoms with Crippen molar-refractivity contribution < 1.29 is 9.18 Å². The maximum Gasteiger partial charge on any atom is 0.240 e. The molecule has 4 nitrogen and oxygen atoms in total. The van der Waals surface area contributed by atoms with Crippen LogP contribution in [0, 0.1) is 17.2 Å². The summed E-state index contributed by atoms with van der Waals surface area (Å²) in [5.41, 5.74) is 5.87. The van der Waals surface area contributed by atoms with E-state index >= 15 is 0 Å². The van der Waals surface area contributed by atoms with E-state index in [9.17, 15) is 9.18 Å². The molecule has 0 spiro atoms. The van der Waals surface area contributed by atoms with Crippen molar-refractivity contribution in [3.63, 3.8) is 0 Å².